The van der Waals surface area contributed by atoms with Crippen molar-refractivity contribution in [3.63, 3.8) is 0 Å². The van der Waals surface area contributed by atoms with Crippen molar-refractivity contribution < 1.29 is 9.53 Å². The second-order valence-electron chi connectivity index (χ2n) is 7.64. The highest BCUT2D eigenvalue weighted by Crippen LogP contribution is 2.41. The average Bonchev–Trinajstić information content (AvgIpc) is 2.82. The van der Waals surface area contributed by atoms with E-state index in [-0.39, 0.29) is 12.1 Å². The molecule has 0 aliphatic carbocycles. The smallest absolute Gasteiger partial charge is 0.258 e. The van der Waals surface area contributed by atoms with Crippen molar-refractivity contribution in [2.24, 2.45) is 0 Å². The molecule has 1 heterocycles. The van der Waals surface area contributed by atoms with Crippen LogP contribution in [0.2, 0.25) is 0 Å². The highest BCUT2D eigenvalue weighted by Gasteiger charge is 2.35. The molecule has 1 atom stereocenters. The van der Waals surface area contributed by atoms with Gasteiger partial charge in [-0.2, -0.15) is 0 Å². The van der Waals surface area contributed by atoms with Crippen molar-refractivity contribution in [3.05, 3.63) is 108 Å². The fourth-order valence-corrected chi connectivity index (χ4v) is 4.30. The number of para-hydroxylation sites is 1. The third kappa shape index (κ3) is 3.50. The molecule has 4 aromatic rings. The maximum absolute atomic E-state index is 13.7. The maximum atomic E-state index is 13.7. The predicted octanol–water partition coefficient (Wildman–Crippen LogP) is 6.01. The molecule has 1 amide bonds. The summed E-state index contributed by atoms with van der Waals surface area (Å²) in [5.41, 5.74) is 3.60. The molecule has 1 N–H and O–H groups in total. The minimum atomic E-state index is -0.352. The van der Waals surface area contributed by atoms with Crippen LogP contribution in [-0.4, -0.2) is 17.4 Å². The standard InChI is InChI=1S/C27H24N2O2/c1-2-31-24-17-16-20-12-6-7-13-21(20)25(24)26-28-23-15-9-8-14-22(23)27(30)29(26)18-19-10-4-3-5-11-19/h3-17,26,28H,2,18H2,1H3. The minimum Gasteiger partial charge on any atom is -0.493 e. The zero-order chi connectivity index (χ0) is 21.2. The SMILES string of the molecule is CCOc1ccc2ccccc2c1C1Nc2ccccc2C(=O)N1Cc1ccccc1. The number of ether oxygens (including phenoxy) is 1. The molecule has 1 aliphatic heterocycles. The average molecular weight is 409 g/mol. The predicted molar refractivity (Wildman–Crippen MR) is 124 cm³/mol. The highest BCUT2D eigenvalue weighted by molar-refractivity contribution is 6.02. The van der Waals surface area contributed by atoms with Crippen LogP contribution >= 0.6 is 0 Å². The van der Waals surface area contributed by atoms with E-state index in [0.29, 0.717) is 18.7 Å². The van der Waals surface area contributed by atoms with Crippen molar-refractivity contribution in [2.45, 2.75) is 19.6 Å². The quantitative estimate of drug-likeness (QED) is 0.440. The fourth-order valence-electron chi connectivity index (χ4n) is 4.30. The van der Waals surface area contributed by atoms with E-state index >= 15 is 0 Å². The number of hydrogen-bond acceptors (Lipinski definition) is 3. The van der Waals surface area contributed by atoms with Gasteiger partial charge in [0.05, 0.1) is 12.2 Å². The third-order valence-electron chi connectivity index (χ3n) is 5.72. The molecule has 0 saturated carbocycles. The first-order chi connectivity index (χ1) is 15.3. The Hall–Kier alpha value is -3.79. The first-order valence-corrected chi connectivity index (χ1v) is 10.6. The fraction of sp³-hybridized carbons (Fsp3) is 0.148. The van der Waals surface area contributed by atoms with Gasteiger partial charge in [-0.05, 0) is 41.5 Å². The number of hydrogen-bond donors (Lipinski definition) is 1. The van der Waals surface area contributed by atoms with Gasteiger partial charge in [-0.3, -0.25) is 4.79 Å². The van der Waals surface area contributed by atoms with E-state index in [1.807, 2.05) is 72.5 Å². The number of fused-ring (bicyclic) bond motifs is 2. The lowest BCUT2D eigenvalue weighted by Crippen LogP contribution is -2.42. The molecule has 0 radical (unpaired) electrons. The minimum absolute atomic E-state index is 0.0126. The summed E-state index contributed by atoms with van der Waals surface area (Å²) in [5, 5.41) is 5.83. The maximum Gasteiger partial charge on any atom is 0.258 e. The van der Waals surface area contributed by atoms with Crippen LogP contribution in [0.25, 0.3) is 10.8 Å². The van der Waals surface area contributed by atoms with Crippen LogP contribution in [0.1, 0.15) is 34.6 Å². The van der Waals surface area contributed by atoms with Gasteiger partial charge in [-0.15, -0.1) is 0 Å². The number of amides is 1. The molecule has 1 aliphatic rings. The number of rotatable bonds is 5. The summed E-state index contributed by atoms with van der Waals surface area (Å²) in [6.45, 7) is 3.04. The van der Waals surface area contributed by atoms with Gasteiger partial charge in [0.1, 0.15) is 11.9 Å². The number of carbonyl (C=O) groups excluding carboxylic acids is 1. The van der Waals surface area contributed by atoms with E-state index in [1.54, 1.807) is 0 Å². The number of nitrogens with one attached hydrogen (secondary N) is 1. The molecule has 0 spiro atoms. The summed E-state index contributed by atoms with van der Waals surface area (Å²) in [6.07, 6.45) is -0.352. The first-order valence-electron chi connectivity index (χ1n) is 10.6. The number of nitrogens with zero attached hydrogens (tertiary/aromatic N) is 1. The summed E-state index contributed by atoms with van der Waals surface area (Å²) in [4.78, 5) is 15.6. The topological polar surface area (TPSA) is 41.6 Å². The Morgan fingerprint density at radius 1 is 0.871 bits per heavy atom. The van der Waals surface area contributed by atoms with Crippen LogP contribution in [0.4, 0.5) is 5.69 Å². The number of carbonyl (C=O) groups is 1. The molecule has 0 aromatic heterocycles. The van der Waals surface area contributed by atoms with Gasteiger partial charge < -0.3 is 15.0 Å². The Balaban J connectivity index is 1.70. The van der Waals surface area contributed by atoms with E-state index in [1.165, 1.54) is 0 Å². The Labute approximate surface area is 182 Å². The lowest BCUT2D eigenvalue weighted by molar-refractivity contribution is 0.0665. The van der Waals surface area contributed by atoms with Crippen LogP contribution in [0.3, 0.4) is 0 Å². The van der Waals surface area contributed by atoms with E-state index in [4.69, 9.17) is 4.74 Å². The zero-order valence-electron chi connectivity index (χ0n) is 17.4. The number of benzene rings is 4. The molecule has 5 rings (SSSR count). The summed E-state index contributed by atoms with van der Waals surface area (Å²) >= 11 is 0. The molecular weight excluding hydrogens is 384 g/mol. The van der Waals surface area contributed by atoms with E-state index in [9.17, 15) is 4.79 Å². The van der Waals surface area contributed by atoms with Gasteiger partial charge in [0.2, 0.25) is 0 Å². The lowest BCUT2D eigenvalue weighted by atomic mass is 9.97. The van der Waals surface area contributed by atoms with E-state index in [2.05, 4.69) is 35.6 Å². The third-order valence-corrected chi connectivity index (χ3v) is 5.72. The Bertz CT molecular complexity index is 1240. The molecule has 154 valence electrons. The largest absolute Gasteiger partial charge is 0.493 e. The van der Waals surface area contributed by atoms with Crippen molar-refractivity contribution in [2.75, 3.05) is 11.9 Å². The van der Waals surface area contributed by atoms with Gasteiger partial charge in [0.25, 0.3) is 5.91 Å². The Morgan fingerprint density at radius 2 is 1.61 bits per heavy atom. The van der Waals surface area contributed by atoms with E-state index in [0.717, 1.165) is 33.3 Å². The van der Waals surface area contributed by atoms with Gasteiger partial charge in [0, 0.05) is 17.8 Å². The van der Waals surface area contributed by atoms with Crippen molar-refractivity contribution in [3.8, 4) is 5.75 Å². The lowest BCUT2D eigenvalue weighted by Gasteiger charge is -2.39. The molecule has 4 heteroatoms. The summed E-state index contributed by atoms with van der Waals surface area (Å²) < 4.78 is 6.04. The zero-order valence-corrected chi connectivity index (χ0v) is 17.4. The van der Waals surface area contributed by atoms with Crippen LogP contribution in [-0.2, 0) is 6.54 Å². The van der Waals surface area contributed by atoms with Crippen molar-refractivity contribution in [1.29, 1.82) is 0 Å². The summed E-state index contributed by atoms with van der Waals surface area (Å²) in [6, 6.07) is 30.1. The van der Waals surface area contributed by atoms with Crippen LogP contribution in [0.15, 0.2) is 91.0 Å². The van der Waals surface area contributed by atoms with Crippen LogP contribution in [0.5, 0.6) is 5.75 Å². The highest BCUT2D eigenvalue weighted by atomic mass is 16.5. The van der Waals surface area contributed by atoms with Crippen LogP contribution < -0.4 is 10.1 Å². The molecule has 0 bridgehead atoms. The molecule has 4 nitrogen and oxygen atoms in total. The monoisotopic (exact) mass is 408 g/mol. The van der Waals surface area contributed by atoms with Gasteiger partial charge in [-0.1, -0.05) is 72.8 Å². The number of anilines is 1. The normalized spacial score (nSPS) is 15.5. The summed E-state index contributed by atoms with van der Waals surface area (Å²) in [5.74, 6) is 0.808. The Morgan fingerprint density at radius 3 is 2.45 bits per heavy atom. The molecule has 4 aromatic carbocycles. The second kappa shape index (κ2) is 8.15. The molecule has 31 heavy (non-hydrogen) atoms. The second-order valence-corrected chi connectivity index (χ2v) is 7.64. The van der Waals surface area contributed by atoms with E-state index < -0.39 is 0 Å². The van der Waals surface area contributed by atoms with Crippen molar-refractivity contribution >= 4 is 22.4 Å². The van der Waals surface area contributed by atoms with Crippen LogP contribution in [0, 0.1) is 0 Å². The summed E-state index contributed by atoms with van der Waals surface area (Å²) in [7, 11) is 0. The first kappa shape index (κ1) is 19.2. The van der Waals surface area contributed by atoms with Gasteiger partial charge in [0.15, 0.2) is 0 Å². The van der Waals surface area contributed by atoms with Gasteiger partial charge >= 0.3 is 0 Å². The molecular formula is C27H24N2O2. The van der Waals surface area contributed by atoms with Crippen molar-refractivity contribution in [1.82, 2.24) is 4.90 Å². The molecule has 0 fully saturated rings. The molecule has 0 saturated heterocycles. The molecule has 1 unspecified atom stereocenters. The Kier molecular flexibility index (Phi) is 5.04. The van der Waals surface area contributed by atoms with Gasteiger partial charge in [-0.25, -0.2) is 0 Å².